The number of nitrogens with zero attached hydrogens (tertiary/aromatic N) is 3. The first kappa shape index (κ1) is 27.7. The lowest BCUT2D eigenvalue weighted by Crippen LogP contribution is -2.37. The maximum Gasteiger partial charge on any atom is 0.420 e. The van der Waals surface area contributed by atoms with Crippen LogP contribution in [0.3, 0.4) is 0 Å². The molecular formula is C32H41N3O3S. The molecule has 2 fully saturated rings. The Morgan fingerprint density at radius 2 is 1.69 bits per heavy atom. The van der Waals surface area contributed by atoms with E-state index < -0.39 is 0 Å². The highest BCUT2D eigenvalue weighted by Crippen LogP contribution is 2.52. The van der Waals surface area contributed by atoms with E-state index >= 15 is 0 Å². The number of likely N-dealkylation sites (N-methyl/N-ethyl adjacent to an activating group) is 1. The van der Waals surface area contributed by atoms with E-state index in [4.69, 9.17) is 4.74 Å². The zero-order valence-electron chi connectivity index (χ0n) is 23.5. The van der Waals surface area contributed by atoms with E-state index in [-0.39, 0.29) is 18.1 Å². The molecule has 1 N–H and O–H groups in total. The summed E-state index contributed by atoms with van der Waals surface area (Å²) in [4.78, 5) is 19.8. The van der Waals surface area contributed by atoms with Crippen molar-refractivity contribution in [3.05, 3.63) is 77.2 Å². The molecule has 3 aromatic rings. The molecule has 39 heavy (non-hydrogen) atoms. The summed E-state index contributed by atoms with van der Waals surface area (Å²) in [6.07, 6.45) is -0.325. The smallest absolute Gasteiger partial charge is 0.399 e. The molecule has 1 saturated carbocycles. The molecule has 2 heterocycles. The van der Waals surface area contributed by atoms with Gasteiger partial charge in [-0.25, -0.2) is 4.79 Å². The van der Waals surface area contributed by atoms with Crippen molar-refractivity contribution in [2.45, 2.75) is 39.7 Å². The van der Waals surface area contributed by atoms with Crippen LogP contribution in [0, 0.1) is 17.8 Å². The molecule has 2 aliphatic rings. The third-order valence-corrected chi connectivity index (χ3v) is 8.99. The number of carbonyl (C=O) groups excluding carboxylic acids is 1. The summed E-state index contributed by atoms with van der Waals surface area (Å²) in [5.41, 5.74) is 4.79. The zero-order valence-corrected chi connectivity index (χ0v) is 24.4. The van der Waals surface area contributed by atoms with Crippen molar-refractivity contribution in [3.8, 4) is 5.06 Å². The number of aliphatic hydroxyl groups excluding tert-OH is 1. The summed E-state index contributed by atoms with van der Waals surface area (Å²) in [6.45, 7) is 14.1. The summed E-state index contributed by atoms with van der Waals surface area (Å²) >= 11 is 1.43. The van der Waals surface area contributed by atoms with Crippen LogP contribution in [-0.4, -0.2) is 55.4 Å². The minimum atomic E-state index is -0.325. The van der Waals surface area contributed by atoms with Gasteiger partial charge < -0.3 is 14.7 Å². The highest BCUT2D eigenvalue weighted by molar-refractivity contribution is 7.11. The summed E-state index contributed by atoms with van der Waals surface area (Å²) < 4.78 is 5.74. The Hall–Kier alpha value is -2.87. The number of likely N-dealkylation sites (tertiary alicyclic amines) is 1. The molecule has 1 aliphatic heterocycles. The van der Waals surface area contributed by atoms with Gasteiger partial charge >= 0.3 is 6.09 Å². The predicted molar refractivity (Wildman–Crippen MR) is 160 cm³/mol. The van der Waals surface area contributed by atoms with E-state index in [1.54, 1.807) is 0 Å². The maximum absolute atomic E-state index is 13.3. The Morgan fingerprint density at radius 1 is 1.03 bits per heavy atom. The molecule has 5 rings (SSSR count). The van der Waals surface area contributed by atoms with Crippen molar-refractivity contribution in [1.29, 1.82) is 0 Å². The van der Waals surface area contributed by atoms with Crippen LogP contribution in [0.15, 0.2) is 66.0 Å². The minimum Gasteiger partial charge on any atom is -0.399 e. The molecule has 0 spiro atoms. The first-order valence-corrected chi connectivity index (χ1v) is 14.9. The maximum atomic E-state index is 13.3. The number of piperidine rings is 1. The molecular weight excluding hydrogens is 506 g/mol. The van der Waals surface area contributed by atoms with E-state index in [0.29, 0.717) is 35.9 Å². The third-order valence-electron chi connectivity index (χ3n) is 8.25. The van der Waals surface area contributed by atoms with E-state index in [1.807, 2.05) is 46.7 Å². The molecule has 1 aromatic heterocycles. The lowest BCUT2D eigenvalue weighted by molar-refractivity contribution is 0.207. The summed E-state index contributed by atoms with van der Waals surface area (Å²) in [7, 11) is 0. The van der Waals surface area contributed by atoms with Gasteiger partial charge in [-0.1, -0.05) is 45.0 Å². The van der Waals surface area contributed by atoms with Crippen molar-refractivity contribution >= 4 is 28.8 Å². The highest BCUT2D eigenvalue weighted by Gasteiger charge is 2.56. The molecule has 6 nitrogen and oxygen atoms in total. The number of benzene rings is 2. The lowest BCUT2D eigenvalue weighted by Gasteiger charge is -2.26. The average molecular weight is 548 g/mol. The van der Waals surface area contributed by atoms with E-state index in [1.165, 1.54) is 22.5 Å². The number of carbonyl (C=O) groups is 1. The number of hydrogen-bond acceptors (Lipinski definition) is 6. The lowest BCUT2D eigenvalue weighted by atomic mass is 9.87. The van der Waals surface area contributed by atoms with Crippen molar-refractivity contribution in [2.24, 2.45) is 17.8 Å². The largest absolute Gasteiger partial charge is 0.420 e. The molecule has 1 aliphatic carbocycles. The first-order valence-electron chi connectivity index (χ1n) is 14.1. The second kappa shape index (κ2) is 11.7. The van der Waals surface area contributed by atoms with Crippen LogP contribution in [-0.2, 0) is 12.0 Å². The standard InChI is InChI=1S/C32H41N3O3S/c1-5-34(16-17-36)25-12-14-26(15-13-25)35(31(37)38-30-7-6-18-39-30)22-29-27-20-33(21-28(27)29)19-23-8-10-24(11-9-23)32(2,3)4/h6-15,18,27-29,36H,5,16-17,19-22H2,1-4H3. The van der Waals surface area contributed by atoms with E-state index in [0.717, 1.165) is 37.6 Å². The van der Waals surface area contributed by atoms with Crippen LogP contribution in [0.25, 0.3) is 0 Å². The second-order valence-electron chi connectivity index (χ2n) is 11.9. The topological polar surface area (TPSA) is 56.2 Å². The molecule has 2 unspecified atom stereocenters. The molecule has 2 aromatic carbocycles. The molecule has 0 bridgehead atoms. The Labute approximate surface area is 236 Å². The summed E-state index contributed by atoms with van der Waals surface area (Å²) in [5, 5.41) is 11.9. The Kier molecular flexibility index (Phi) is 8.31. The molecule has 0 radical (unpaired) electrons. The minimum absolute atomic E-state index is 0.110. The molecule has 7 heteroatoms. The van der Waals surface area contributed by atoms with Crippen molar-refractivity contribution in [1.82, 2.24) is 4.90 Å². The Morgan fingerprint density at radius 3 is 2.26 bits per heavy atom. The first-order chi connectivity index (χ1) is 18.8. The second-order valence-corrected chi connectivity index (χ2v) is 12.8. The Balaban J connectivity index is 1.23. The monoisotopic (exact) mass is 547 g/mol. The average Bonchev–Trinajstić information content (AvgIpc) is 3.25. The zero-order chi connectivity index (χ0) is 27.6. The number of fused-ring (bicyclic) bond motifs is 1. The van der Waals surface area contributed by atoms with Gasteiger partial charge in [0.2, 0.25) is 0 Å². The molecule has 208 valence electrons. The number of ether oxygens (including phenoxy) is 1. The van der Waals surface area contributed by atoms with Crippen LogP contribution >= 0.6 is 11.3 Å². The van der Waals surface area contributed by atoms with Gasteiger partial charge in [-0.05, 0) is 83.0 Å². The quantitative estimate of drug-likeness (QED) is 0.325. The molecule has 1 saturated heterocycles. The van der Waals surface area contributed by atoms with Crippen molar-refractivity contribution in [3.63, 3.8) is 0 Å². The number of hydrogen-bond donors (Lipinski definition) is 1. The molecule has 1 amide bonds. The van der Waals surface area contributed by atoms with Crippen molar-refractivity contribution < 1.29 is 14.6 Å². The number of aliphatic hydroxyl groups is 1. The van der Waals surface area contributed by atoms with Gasteiger partial charge in [-0.3, -0.25) is 9.80 Å². The van der Waals surface area contributed by atoms with Crippen molar-refractivity contribution in [2.75, 3.05) is 49.1 Å². The van der Waals surface area contributed by atoms with Gasteiger partial charge in [0, 0.05) is 50.6 Å². The summed E-state index contributed by atoms with van der Waals surface area (Å²) in [5.74, 6) is 1.73. The van der Waals surface area contributed by atoms with Crippen LogP contribution in [0.4, 0.5) is 16.2 Å². The Bertz CT molecular complexity index is 1210. The van der Waals surface area contributed by atoms with Crippen LogP contribution in [0.1, 0.15) is 38.8 Å². The van der Waals surface area contributed by atoms with E-state index in [9.17, 15) is 9.90 Å². The van der Waals surface area contributed by atoms with Crippen LogP contribution in [0.2, 0.25) is 0 Å². The van der Waals surface area contributed by atoms with Crippen LogP contribution < -0.4 is 14.5 Å². The number of anilines is 2. The normalized spacial score (nSPS) is 20.5. The third kappa shape index (κ3) is 6.48. The fourth-order valence-electron chi connectivity index (χ4n) is 5.90. The SMILES string of the molecule is CCN(CCO)c1ccc(N(CC2C3CN(Cc4ccc(C(C)(C)C)cc4)CC32)C(=O)Oc2cccs2)cc1. The fraction of sp³-hybridized carbons (Fsp3) is 0.469. The van der Waals surface area contributed by atoms with Gasteiger partial charge in [0.1, 0.15) is 0 Å². The number of rotatable bonds is 10. The van der Waals surface area contributed by atoms with Gasteiger partial charge in [-0.15, -0.1) is 11.3 Å². The fourth-order valence-corrected chi connectivity index (χ4v) is 6.47. The highest BCUT2D eigenvalue weighted by atomic mass is 32.1. The van der Waals surface area contributed by atoms with E-state index in [2.05, 4.69) is 61.8 Å². The van der Waals surface area contributed by atoms with Gasteiger partial charge in [0.15, 0.2) is 5.06 Å². The van der Waals surface area contributed by atoms with Gasteiger partial charge in [-0.2, -0.15) is 0 Å². The van der Waals surface area contributed by atoms with Crippen LogP contribution in [0.5, 0.6) is 5.06 Å². The number of thiophene rings is 1. The summed E-state index contributed by atoms with van der Waals surface area (Å²) in [6, 6.07) is 20.8. The van der Waals surface area contributed by atoms with Gasteiger partial charge in [0.25, 0.3) is 0 Å². The van der Waals surface area contributed by atoms with Gasteiger partial charge in [0.05, 0.1) is 6.61 Å². The predicted octanol–water partition coefficient (Wildman–Crippen LogP) is 6.25. The number of amides is 1. The molecule has 2 atom stereocenters.